The lowest BCUT2D eigenvalue weighted by Gasteiger charge is -2.18. The van der Waals surface area contributed by atoms with E-state index < -0.39 is 0 Å². The minimum Gasteiger partial charge on any atom is -0.497 e. The van der Waals surface area contributed by atoms with Gasteiger partial charge in [-0.25, -0.2) is 4.39 Å². The molecule has 0 aliphatic rings. The number of nitrogens with one attached hydrogen (secondary N) is 2. The summed E-state index contributed by atoms with van der Waals surface area (Å²) in [6.45, 7) is 2.88. The normalized spacial score (nSPS) is 11.9. The Balaban J connectivity index is 0.00000338. The van der Waals surface area contributed by atoms with Gasteiger partial charge >= 0.3 is 0 Å². The molecule has 0 bridgehead atoms. The molecule has 0 fully saturated rings. The first-order chi connectivity index (χ1) is 12.1. The molecule has 0 saturated carbocycles. The van der Waals surface area contributed by atoms with Crippen molar-refractivity contribution in [1.29, 1.82) is 0 Å². The van der Waals surface area contributed by atoms with Gasteiger partial charge < -0.3 is 20.1 Å². The van der Waals surface area contributed by atoms with E-state index >= 15 is 0 Å². The van der Waals surface area contributed by atoms with Crippen LogP contribution in [0.3, 0.4) is 0 Å². The number of benzene rings is 2. The number of rotatable bonds is 7. The van der Waals surface area contributed by atoms with E-state index in [9.17, 15) is 4.39 Å². The Labute approximate surface area is 171 Å². The van der Waals surface area contributed by atoms with Crippen LogP contribution < -0.4 is 20.1 Å². The summed E-state index contributed by atoms with van der Waals surface area (Å²) in [4.78, 5) is 4.13. The molecule has 0 spiro atoms. The Morgan fingerprint density at radius 1 is 1.08 bits per heavy atom. The van der Waals surface area contributed by atoms with Gasteiger partial charge in [-0.05, 0) is 37.3 Å². The molecule has 26 heavy (non-hydrogen) atoms. The fourth-order valence-electron chi connectivity index (χ4n) is 2.21. The molecule has 2 rings (SSSR count). The van der Waals surface area contributed by atoms with E-state index in [0.29, 0.717) is 24.6 Å². The molecule has 2 aromatic carbocycles. The molecule has 1 unspecified atom stereocenters. The van der Waals surface area contributed by atoms with E-state index in [1.807, 2.05) is 31.2 Å². The van der Waals surface area contributed by atoms with Gasteiger partial charge in [0.2, 0.25) is 0 Å². The van der Waals surface area contributed by atoms with Crippen LogP contribution in [0.25, 0.3) is 0 Å². The molecule has 7 heteroatoms. The first-order valence-corrected chi connectivity index (χ1v) is 8.11. The number of halogens is 2. The summed E-state index contributed by atoms with van der Waals surface area (Å²) in [5.74, 6) is 1.91. The number of ether oxygens (including phenoxy) is 2. The quantitative estimate of drug-likeness (QED) is 0.367. The third-order valence-corrected chi connectivity index (χ3v) is 3.58. The smallest absolute Gasteiger partial charge is 0.191 e. The van der Waals surface area contributed by atoms with Crippen molar-refractivity contribution in [3.05, 3.63) is 59.9 Å². The first-order valence-electron chi connectivity index (χ1n) is 8.11. The summed E-state index contributed by atoms with van der Waals surface area (Å²) in [6, 6.07) is 14.1. The lowest BCUT2D eigenvalue weighted by molar-refractivity contribution is 0.223. The van der Waals surface area contributed by atoms with E-state index in [-0.39, 0.29) is 35.9 Å². The lowest BCUT2D eigenvalue weighted by Crippen LogP contribution is -2.41. The average molecular weight is 473 g/mol. The highest BCUT2D eigenvalue weighted by Crippen LogP contribution is 2.17. The zero-order valence-corrected chi connectivity index (χ0v) is 17.5. The summed E-state index contributed by atoms with van der Waals surface area (Å²) >= 11 is 0. The molecule has 0 amide bonds. The topological polar surface area (TPSA) is 54.9 Å². The first kappa shape index (κ1) is 22.0. The minimum atomic E-state index is -0.235. The molecule has 0 aliphatic carbocycles. The lowest BCUT2D eigenvalue weighted by atomic mass is 10.2. The zero-order valence-electron chi connectivity index (χ0n) is 15.2. The van der Waals surface area contributed by atoms with Crippen LogP contribution in [0.2, 0.25) is 0 Å². The maximum absolute atomic E-state index is 13.6. The third kappa shape index (κ3) is 7.07. The molecule has 2 N–H and O–H groups in total. The van der Waals surface area contributed by atoms with Crippen molar-refractivity contribution >= 4 is 29.9 Å². The molecule has 2 aromatic rings. The largest absolute Gasteiger partial charge is 0.497 e. The van der Waals surface area contributed by atoms with E-state index in [1.54, 1.807) is 32.4 Å². The van der Waals surface area contributed by atoms with Crippen LogP contribution in [0, 0.1) is 5.82 Å². The highest BCUT2D eigenvalue weighted by molar-refractivity contribution is 14.0. The van der Waals surface area contributed by atoms with Gasteiger partial charge in [-0.2, -0.15) is 0 Å². The molecule has 1 atom stereocenters. The molecule has 0 aromatic heterocycles. The predicted octanol–water partition coefficient (Wildman–Crippen LogP) is 3.58. The SMILES string of the molecule is CN=C(NCc1ccccc1F)NCC(C)Oc1ccc(OC)cc1.I. The molecular formula is C19H25FIN3O2. The molecule has 0 saturated heterocycles. The molecule has 0 aliphatic heterocycles. The van der Waals surface area contributed by atoms with Crippen molar-refractivity contribution in [3.63, 3.8) is 0 Å². The summed E-state index contributed by atoms with van der Waals surface area (Å²) in [5, 5.41) is 6.26. The van der Waals surface area contributed by atoms with Crippen molar-refractivity contribution in [2.45, 2.75) is 19.6 Å². The van der Waals surface area contributed by atoms with Crippen LogP contribution in [-0.2, 0) is 6.54 Å². The molecule has 5 nitrogen and oxygen atoms in total. The van der Waals surface area contributed by atoms with Gasteiger partial charge in [-0.3, -0.25) is 4.99 Å². The molecule has 0 heterocycles. The fourth-order valence-corrected chi connectivity index (χ4v) is 2.21. The summed E-state index contributed by atoms with van der Waals surface area (Å²) in [7, 11) is 3.30. The highest BCUT2D eigenvalue weighted by Gasteiger charge is 2.07. The minimum absolute atomic E-state index is 0. The van der Waals surface area contributed by atoms with Gasteiger partial charge in [0.05, 0.1) is 13.7 Å². The van der Waals surface area contributed by atoms with Gasteiger partial charge in [0, 0.05) is 19.2 Å². The van der Waals surface area contributed by atoms with Crippen LogP contribution in [-0.4, -0.2) is 32.8 Å². The summed E-state index contributed by atoms with van der Waals surface area (Å²) in [5.41, 5.74) is 0.591. The Bertz CT molecular complexity index is 695. The summed E-state index contributed by atoms with van der Waals surface area (Å²) in [6.07, 6.45) is -0.0691. The van der Waals surface area contributed by atoms with Crippen molar-refractivity contribution in [2.24, 2.45) is 4.99 Å². The van der Waals surface area contributed by atoms with Gasteiger partial charge in [0.1, 0.15) is 23.4 Å². The zero-order chi connectivity index (χ0) is 18.1. The molecule has 0 radical (unpaired) electrons. The van der Waals surface area contributed by atoms with Crippen LogP contribution in [0.4, 0.5) is 4.39 Å². The second-order valence-electron chi connectivity index (χ2n) is 5.50. The van der Waals surface area contributed by atoms with E-state index in [4.69, 9.17) is 9.47 Å². The van der Waals surface area contributed by atoms with Crippen molar-refractivity contribution in [3.8, 4) is 11.5 Å². The Hall–Kier alpha value is -2.03. The Kier molecular flexibility index (Phi) is 9.79. The van der Waals surface area contributed by atoms with Crippen molar-refractivity contribution in [1.82, 2.24) is 10.6 Å². The van der Waals surface area contributed by atoms with Crippen molar-refractivity contribution in [2.75, 3.05) is 20.7 Å². The maximum Gasteiger partial charge on any atom is 0.191 e. The van der Waals surface area contributed by atoms with Crippen LogP contribution >= 0.6 is 24.0 Å². The second-order valence-corrected chi connectivity index (χ2v) is 5.50. The monoisotopic (exact) mass is 473 g/mol. The Morgan fingerprint density at radius 2 is 1.73 bits per heavy atom. The average Bonchev–Trinajstić information content (AvgIpc) is 2.64. The van der Waals surface area contributed by atoms with Crippen LogP contribution in [0.1, 0.15) is 12.5 Å². The van der Waals surface area contributed by atoms with Crippen molar-refractivity contribution < 1.29 is 13.9 Å². The number of methoxy groups -OCH3 is 1. The van der Waals surface area contributed by atoms with Gasteiger partial charge in [0.15, 0.2) is 5.96 Å². The number of hydrogen-bond donors (Lipinski definition) is 2. The number of guanidine groups is 1. The van der Waals surface area contributed by atoms with E-state index in [2.05, 4.69) is 15.6 Å². The Morgan fingerprint density at radius 3 is 2.35 bits per heavy atom. The van der Waals surface area contributed by atoms with Crippen LogP contribution in [0.5, 0.6) is 11.5 Å². The fraction of sp³-hybridized carbons (Fsp3) is 0.316. The summed E-state index contributed by atoms with van der Waals surface area (Å²) < 4.78 is 24.6. The molecular weight excluding hydrogens is 448 g/mol. The van der Waals surface area contributed by atoms with Gasteiger partial charge in [0.25, 0.3) is 0 Å². The van der Waals surface area contributed by atoms with Crippen LogP contribution in [0.15, 0.2) is 53.5 Å². The van der Waals surface area contributed by atoms with Gasteiger partial charge in [-0.1, -0.05) is 18.2 Å². The standard InChI is InChI=1S/C19H24FN3O2.HI/c1-14(25-17-10-8-16(24-3)9-11-17)12-22-19(21-2)23-13-15-6-4-5-7-18(15)20;/h4-11,14H,12-13H2,1-3H3,(H2,21,22,23);1H. The number of aliphatic imine (C=N–C) groups is 1. The highest BCUT2D eigenvalue weighted by atomic mass is 127. The van der Waals surface area contributed by atoms with E-state index in [0.717, 1.165) is 11.5 Å². The molecule has 142 valence electrons. The van der Waals surface area contributed by atoms with E-state index in [1.165, 1.54) is 6.07 Å². The predicted molar refractivity (Wildman–Crippen MR) is 113 cm³/mol. The second kappa shape index (κ2) is 11.6. The maximum atomic E-state index is 13.6. The number of hydrogen-bond acceptors (Lipinski definition) is 3. The number of nitrogens with zero attached hydrogens (tertiary/aromatic N) is 1. The third-order valence-electron chi connectivity index (χ3n) is 3.58. The van der Waals surface area contributed by atoms with Gasteiger partial charge in [-0.15, -0.1) is 24.0 Å².